The van der Waals surface area contributed by atoms with Gasteiger partial charge in [-0.05, 0) is 55.2 Å². The van der Waals surface area contributed by atoms with E-state index in [9.17, 15) is 9.90 Å². The number of piperidine rings is 1. The molecule has 2 aromatic rings. The van der Waals surface area contributed by atoms with Gasteiger partial charge in [0, 0.05) is 23.5 Å². The lowest BCUT2D eigenvalue weighted by molar-refractivity contribution is -0.135. The van der Waals surface area contributed by atoms with Gasteiger partial charge in [0.2, 0.25) is 5.91 Å². The predicted molar refractivity (Wildman–Crippen MR) is 130 cm³/mol. The van der Waals surface area contributed by atoms with Crippen LogP contribution in [0, 0.1) is 5.92 Å². The minimum Gasteiger partial charge on any atom is -0.493 e. The second-order valence-corrected chi connectivity index (χ2v) is 9.75. The molecule has 1 heterocycles. The Morgan fingerprint density at radius 1 is 1.12 bits per heavy atom. The van der Waals surface area contributed by atoms with Crippen LogP contribution in [0.5, 0.6) is 11.5 Å². The van der Waals surface area contributed by atoms with Gasteiger partial charge in [-0.2, -0.15) is 0 Å². The number of nitrogens with zero attached hydrogens (tertiary/aromatic N) is 1. The number of halogens is 2. The van der Waals surface area contributed by atoms with Crippen molar-refractivity contribution >= 4 is 34.8 Å². The second-order valence-electron chi connectivity index (χ2n) is 8.91. The van der Waals surface area contributed by atoms with Gasteiger partial charge >= 0.3 is 0 Å². The fourth-order valence-electron chi connectivity index (χ4n) is 5.36. The van der Waals surface area contributed by atoms with Gasteiger partial charge in [0.1, 0.15) is 0 Å². The molecule has 2 N–H and O–H groups in total. The normalized spacial score (nSPS) is 25.2. The minimum atomic E-state index is -0.720. The van der Waals surface area contributed by atoms with Crippen molar-refractivity contribution in [2.75, 3.05) is 32.6 Å². The van der Waals surface area contributed by atoms with E-state index in [1.165, 1.54) is 0 Å². The molecule has 1 saturated carbocycles. The predicted octanol–water partition coefficient (Wildman–Crippen LogP) is 5.32. The van der Waals surface area contributed by atoms with Crippen molar-refractivity contribution in [1.29, 1.82) is 0 Å². The number of rotatable bonds is 6. The highest BCUT2D eigenvalue weighted by Gasteiger charge is 2.49. The van der Waals surface area contributed by atoms with E-state index >= 15 is 0 Å². The SMILES string of the molecule is COc1ccc([C@@H]2[C@H]3CCCC[C@@]3(O)CCN2CC(=O)Nc2ccc(Cl)cc2Cl)cc1OC. The van der Waals surface area contributed by atoms with Crippen LogP contribution in [0.2, 0.25) is 10.0 Å². The largest absolute Gasteiger partial charge is 0.493 e. The number of carbonyl (C=O) groups excluding carboxylic acids is 1. The maximum atomic E-state index is 13.0. The number of methoxy groups -OCH3 is 2. The first kappa shape index (κ1) is 24.1. The van der Waals surface area contributed by atoms with Crippen LogP contribution in [-0.4, -0.2) is 48.8 Å². The maximum Gasteiger partial charge on any atom is 0.238 e. The fourth-order valence-corrected chi connectivity index (χ4v) is 5.82. The van der Waals surface area contributed by atoms with Gasteiger partial charge in [0.15, 0.2) is 11.5 Å². The summed E-state index contributed by atoms with van der Waals surface area (Å²) in [7, 11) is 3.22. The Bertz CT molecular complexity index is 1020. The number of likely N-dealkylation sites (tertiary alicyclic amines) is 1. The van der Waals surface area contributed by atoms with Crippen LogP contribution < -0.4 is 14.8 Å². The summed E-state index contributed by atoms with van der Waals surface area (Å²) in [5.74, 6) is 1.16. The third-order valence-corrected chi connectivity index (χ3v) is 7.52. The van der Waals surface area contributed by atoms with Gasteiger partial charge in [-0.15, -0.1) is 0 Å². The first-order valence-corrected chi connectivity index (χ1v) is 12.0. The van der Waals surface area contributed by atoms with Crippen LogP contribution in [0.1, 0.15) is 43.7 Å². The van der Waals surface area contributed by atoms with E-state index in [4.69, 9.17) is 32.7 Å². The number of nitrogens with one attached hydrogen (secondary N) is 1. The fraction of sp³-hybridized carbons (Fsp3) is 0.480. The molecule has 3 atom stereocenters. The van der Waals surface area contributed by atoms with Gasteiger partial charge in [-0.25, -0.2) is 0 Å². The van der Waals surface area contributed by atoms with E-state index < -0.39 is 5.60 Å². The summed E-state index contributed by atoms with van der Waals surface area (Å²) in [6.07, 6.45) is 4.45. The lowest BCUT2D eigenvalue weighted by Gasteiger charge is -2.52. The van der Waals surface area contributed by atoms with Gasteiger partial charge in [-0.3, -0.25) is 9.69 Å². The summed E-state index contributed by atoms with van der Waals surface area (Å²) < 4.78 is 10.9. The zero-order valence-corrected chi connectivity index (χ0v) is 20.5. The zero-order chi connectivity index (χ0) is 23.6. The van der Waals surface area contributed by atoms with Crippen molar-refractivity contribution in [3.63, 3.8) is 0 Å². The van der Waals surface area contributed by atoms with Crippen molar-refractivity contribution in [3.05, 3.63) is 52.0 Å². The van der Waals surface area contributed by atoms with E-state index in [0.29, 0.717) is 40.2 Å². The van der Waals surface area contributed by atoms with Crippen molar-refractivity contribution in [1.82, 2.24) is 4.90 Å². The molecule has 0 radical (unpaired) electrons. The van der Waals surface area contributed by atoms with Gasteiger partial charge in [0.25, 0.3) is 0 Å². The van der Waals surface area contributed by atoms with Crippen LogP contribution in [-0.2, 0) is 4.79 Å². The molecule has 0 aromatic heterocycles. The molecule has 8 heteroatoms. The summed E-state index contributed by atoms with van der Waals surface area (Å²) in [4.78, 5) is 15.2. The number of fused-ring (bicyclic) bond motifs is 1. The molecule has 1 saturated heterocycles. The molecule has 4 rings (SSSR count). The molecule has 2 aliphatic rings. The molecule has 178 valence electrons. The van der Waals surface area contributed by atoms with Gasteiger partial charge in [-0.1, -0.05) is 42.1 Å². The number of hydrogen-bond acceptors (Lipinski definition) is 5. The molecule has 2 aromatic carbocycles. The number of hydrogen-bond donors (Lipinski definition) is 2. The molecular formula is C25H30Cl2N2O4. The van der Waals surface area contributed by atoms with Gasteiger partial charge in [0.05, 0.1) is 37.1 Å². The highest BCUT2D eigenvalue weighted by atomic mass is 35.5. The van der Waals surface area contributed by atoms with Crippen LogP contribution in [0.25, 0.3) is 0 Å². The van der Waals surface area contributed by atoms with E-state index in [1.807, 2.05) is 18.2 Å². The third-order valence-electron chi connectivity index (χ3n) is 6.97. The van der Waals surface area contributed by atoms with E-state index in [1.54, 1.807) is 32.4 Å². The number of carbonyl (C=O) groups is 1. The van der Waals surface area contributed by atoms with Crippen LogP contribution in [0.4, 0.5) is 5.69 Å². The smallest absolute Gasteiger partial charge is 0.238 e. The van der Waals surface area contributed by atoms with Crippen molar-refractivity contribution in [2.24, 2.45) is 5.92 Å². The van der Waals surface area contributed by atoms with Crippen molar-refractivity contribution < 1.29 is 19.4 Å². The molecule has 0 unspecified atom stereocenters. The van der Waals surface area contributed by atoms with Crippen molar-refractivity contribution in [3.8, 4) is 11.5 Å². The quantitative estimate of drug-likeness (QED) is 0.570. The number of benzene rings is 2. The summed E-state index contributed by atoms with van der Waals surface area (Å²) in [5.41, 5.74) is 0.817. The number of aliphatic hydroxyl groups is 1. The number of anilines is 1. The number of ether oxygens (including phenoxy) is 2. The molecule has 6 nitrogen and oxygen atoms in total. The Morgan fingerprint density at radius 3 is 2.64 bits per heavy atom. The van der Waals surface area contributed by atoms with E-state index in [-0.39, 0.29) is 24.4 Å². The molecule has 1 aliphatic heterocycles. The highest BCUT2D eigenvalue weighted by molar-refractivity contribution is 6.36. The molecule has 2 fully saturated rings. The lowest BCUT2D eigenvalue weighted by atomic mass is 9.66. The Hall–Kier alpha value is -1.99. The van der Waals surface area contributed by atoms with Crippen LogP contribution >= 0.6 is 23.2 Å². The summed E-state index contributed by atoms with van der Waals surface area (Å²) >= 11 is 12.2. The standard InChI is InChI=1S/C25H30Cl2N2O4/c1-32-21-9-6-16(13-22(21)33-2)24-18-5-3-4-10-25(18,31)11-12-29(24)15-23(30)28-20-8-7-17(26)14-19(20)27/h6-9,13-14,18,24,31H,3-5,10-12,15H2,1-2H3,(H,28,30)/t18-,24-,25-/m1/s1. The summed E-state index contributed by atoms with van der Waals surface area (Å²) in [6.45, 7) is 0.804. The third kappa shape index (κ3) is 5.09. The molecule has 0 spiro atoms. The van der Waals surface area contributed by atoms with Gasteiger partial charge < -0.3 is 19.9 Å². The average Bonchev–Trinajstić information content (AvgIpc) is 2.80. The highest BCUT2D eigenvalue weighted by Crippen LogP contribution is 2.50. The summed E-state index contributed by atoms with van der Waals surface area (Å²) in [6, 6.07) is 10.7. The Labute approximate surface area is 204 Å². The number of amides is 1. The molecule has 33 heavy (non-hydrogen) atoms. The first-order valence-electron chi connectivity index (χ1n) is 11.3. The lowest BCUT2D eigenvalue weighted by Crippen LogP contribution is -2.56. The van der Waals surface area contributed by atoms with Crippen LogP contribution in [0.3, 0.4) is 0 Å². The van der Waals surface area contributed by atoms with Crippen molar-refractivity contribution in [2.45, 2.75) is 43.7 Å². The second kappa shape index (κ2) is 10.1. The zero-order valence-electron chi connectivity index (χ0n) is 18.9. The Morgan fingerprint density at radius 2 is 1.91 bits per heavy atom. The Balaban J connectivity index is 1.62. The molecule has 1 aliphatic carbocycles. The minimum absolute atomic E-state index is 0.0324. The topological polar surface area (TPSA) is 71.0 Å². The van der Waals surface area contributed by atoms with Crippen LogP contribution in [0.15, 0.2) is 36.4 Å². The monoisotopic (exact) mass is 492 g/mol. The van der Waals surface area contributed by atoms with E-state index in [0.717, 1.165) is 31.2 Å². The van der Waals surface area contributed by atoms with E-state index in [2.05, 4.69) is 10.2 Å². The molecule has 0 bridgehead atoms. The average molecular weight is 493 g/mol. The Kier molecular flexibility index (Phi) is 7.39. The first-order chi connectivity index (χ1) is 15.8. The molecule has 1 amide bonds. The maximum absolute atomic E-state index is 13.0. The summed E-state index contributed by atoms with van der Waals surface area (Å²) in [5, 5.41) is 15.3. The molecular weight excluding hydrogens is 463 g/mol.